The van der Waals surface area contributed by atoms with Crippen LogP contribution < -0.4 is 5.73 Å². The minimum Gasteiger partial charge on any atom is -0.324 e. The molecule has 0 aliphatic rings. The van der Waals surface area contributed by atoms with E-state index in [-0.39, 0.29) is 6.04 Å². The third kappa shape index (κ3) is 2.36. The fourth-order valence-electron chi connectivity index (χ4n) is 1.64. The second-order valence-electron chi connectivity index (χ2n) is 4.29. The van der Waals surface area contributed by atoms with Crippen molar-refractivity contribution in [3.63, 3.8) is 0 Å². The molecule has 1 heteroatoms. The Kier molecular flexibility index (Phi) is 3.70. The topological polar surface area (TPSA) is 26.0 Å². The molecule has 0 saturated carbocycles. The van der Waals surface area contributed by atoms with Crippen LogP contribution in [-0.2, 0) is 0 Å². The van der Waals surface area contributed by atoms with Gasteiger partial charge in [0.05, 0.1) is 0 Å². The smallest absolute Gasteiger partial charge is 0.0294 e. The average Bonchev–Trinajstić information content (AvgIpc) is 2.17. The Balaban J connectivity index is 3.08. The van der Waals surface area contributed by atoms with Crippen molar-refractivity contribution < 1.29 is 0 Å². The van der Waals surface area contributed by atoms with Crippen LogP contribution in [0.5, 0.6) is 0 Å². The molecule has 0 bridgehead atoms. The van der Waals surface area contributed by atoms with E-state index in [0.717, 1.165) is 6.42 Å². The zero-order valence-electron chi connectivity index (χ0n) is 9.67. The molecule has 0 fully saturated rings. The Morgan fingerprint density at radius 2 is 1.93 bits per heavy atom. The third-order valence-electron chi connectivity index (χ3n) is 2.81. The van der Waals surface area contributed by atoms with Crippen LogP contribution in [0.3, 0.4) is 0 Å². The number of benzene rings is 1. The van der Waals surface area contributed by atoms with E-state index in [1.807, 2.05) is 0 Å². The van der Waals surface area contributed by atoms with Crippen LogP contribution >= 0.6 is 0 Å². The summed E-state index contributed by atoms with van der Waals surface area (Å²) in [6.45, 7) is 8.69. The summed E-state index contributed by atoms with van der Waals surface area (Å²) in [5, 5.41) is 0. The van der Waals surface area contributed by atoms with Gasteiger partial charge in [0, 0.05) is 6.04 Å². The molecule has 0 radical (unpaired) electrons. The van der Waals surface area contributed by atoms with Crippen molar-refractivity contribution in [2.45, 2.75) is 46.1 Å². The quantitative estimate of drug-likeness (QED) is 0.777. The molecule has 0 amide bonds. The summed E-state index contributed by atoms with van der Waals surface area (Å²) < 4.78 is 0. The summed E-state index contributed by atoms with van der Waals surface area (Å²) in [6, 6.07) is 6.83. The van der Waals surface area contributed by atoms with Crippen LogP contribution in [0.4, 0.5) is 0 Å². The molecule has 1 aromatic rings. The number of nitrogens with two attached hydrogens (primary N) is 1. The monoisotopic (exact) mass is 191 g/mol. The van der Waals surface area contributed by atoms with E-state index in [4.69, 9.17) is 5.73 Å². The molecule has 0 aliphatic heterocycles. The van der Waals surface area contributed by atoms with E-state index in [2.05, 4.69) is 45.9 Å². The predicted molar refractivity (Wildman–Crippen MR) is 62.5 cm³/mol. The first-order valence-corrected chi connectivity index (χ1v) is 5.42. The molecule has 1 aromatic carbocycles. The maximum Gasteiger partial charge on any atom is 0.0294 e. The molecule has 0 unspecified atom stereocenters. The normalized spacial score (nSPS) is 13.3. The van der Waals surface area contributed by atoms with Crippen LogP contribution in [0.15, 0.2) is 18.2 Å². The minimum atomic E-state index is 0.189. The highest BCUT2D eigenvalue weighted by Crippen LogP contribution is 2.23. The van der Waals surface area contributed by atoms with Gasteiger partial charge in [0.25, 0.3) is 0 Å². The van der Waals surface area contributed by atoms with Gasteiger partial charge in [0.1, 0.15) is 0 Å². The molecule has 0 aliphatic carbocycles. The largest absolute Gasteiger partial charge is 0.324 e. The van der Waals surface area contributed by atoms with E-state index in [1.54, 1.807) is 0 Å². The first kappa shape index (κ1) is 11.3. The molecular formula is C13H21N. The average molecular weight is 191 g/mol. The summed E-state index contributed by atoms with van der Waals surface area (Å²) in [6.07, 6.45) is 1.00. The van der Waals surface area contributed by atoms with E-state index in [0.29, 0.717) is 5.92 Å². The van der Waals surface area contributed by atoms with Crippen molar-refractivity contribution >= 4 is 0 Å². The Morgan fingerprint density at radius 1 is 1.29 bits per heavy atom. The SMILES string of the molecule is CC[C@@H](N)c1cc(C(C)C)ccc1C. The van der Waals surface area contributed by atoms with Gasteiger partial charge in [0.15, 0.2) is 0 Å². The van der Waals surface area contributed by atoms with Crippen molar-refractivity contribution in [1.82, 2.24) is 0 Å². The van der Waals surface area contributed by atoms with Gasteiger partial charge in [-0.1, -0.05) is 39.0 Å². The summed E-state index contributed by atoms with van der Waals surface area (Å²) in [5.41, 5.74) is 10.1. The summed E-state index contributed by atoms with van der Waals surface area (Å²) >= 11 is 0. The molecule has 14 heavy (non-hydrogen) atoms. The second-order valence-corrected chi connectivity index (χ2v) is 4.29. The molecule has 0 spiro atoms. The van der Waals surface area contributed by atoms with Gasteiger partial charge < -0.3 is 5.73 Å². The lowest BCUT2D eigenvalue weighted by Crippen LogP contribution is -2.10. The van der Waals surface area contributed by atoms with Crippen LogP contribution in [0.2, 0.25) is 0 Å². The number of hydrogen-bond acceptors (Lipinski definition) is 1. The van der Waals surface area contributed by atoms with Gasteiger partial charge in [-0.05, 0) is 36.0 Å². The highest BCUT2D eigenvalue weighted by Gasteiger charge is 2.08. The molecule has 0 aromatic heterocycles. The lowest BCUT2D eigenvalue weighted by molar-refractivity contribution is 0.690. The van der Waals surface area contributed by atoms with Crippen LogP contribution in [0.1, 0.15) is 55.8 Å². The fourth-order valence-corrected chi connectivity index (χ4v) is 1.64. The Labute approximate surface area is 87.3 Å². The number of aryl methyl sites for hydroxylation is 1. The van der Waals surface area contributed by atoms with E-state index in [9.17, 15) is 0 Å². The zero-order chi connectivity index (χ0) is 10.7. The highest BCUT2D eigenvalue weighted by atomic mass is 14.6. The second kappa shape index (κ2) is 4.61. The lowest BCUT2D eigenvalue weighted by Gasteiger charge is -2.15. The maximum atomic E-state index is 6.06. The maximum absolute atomic E-state index is 6.06. The third-order valence-corrected chi connectivity index (χ3v) is 2.81. The van der Waals surface area contributed by atoms with E-state index in [1.165, 1.54) is 16.7 Å². The van der Waals surface area contributed by atoms with Gasteiger partial charge in [-0.2, -0.15) is 0 Å². The fraction of sp³-hybridized carbons (Fsp3) is 0.538. The first-order valence-electron chi connectivity index (χ1n) is 5.42. The van der Waals surface area contributed by atoms with Crippen molar-refractivity contribution in [3.05, 3.63) is 34.9 Å². The summed E-state index contributed by atoms with van der Waals surface area (Å²) in [4.78, 5) is 0. The molecule has 1 atom stereocenters. The molecule has 2 N–H and O–H groups in total. The van der Waals surface area contributed by atoms with Gasteiger partial charge in [-0.3, -0.25) is 0 Å². The Bertz CT molecular complexity index is 302. The van der Waals surface area contributed by atoms with E-state index >= 15 is 0 Å². The molecule has 1 rings (SSSR count). The van der Waals surface area contributed by atoms with Crippen LogP contribution in [0.25, 0.3) is 0 Å². The van der Waals surface area contributed by atoms with Crippen LogP contribution in [0, 0.1) is 6.92 Å². The number of hydrogen-bond donors (Lipinski definition) is 1. The van der Waals surface area contributed by atoms with Gasteiger partial charge >= 0.3 is 0 Å². The van der Waals surface area contributed by atoms with Gasteiger partial charge in [-0.25, -0.2) is 0 Å². The van der Waals surface area contributed by atoms with Crippen molar-refractivity contribution in [1.29, 1.82) is 0 Å². The van der Waals surface area contributed by atoms with Crippen molar-refractivity contribution in [3.8, 4) is 0 Å². The van der Waals surface area contributed by atoms with Gasteiger partial charge in [0.2, 0.25) is 0 Å². The standard InChI is InChI=1S/C13H21N/c1-5-13(14)12-8-11(9(2)3)7-6-10(12)4/h6-9,13H,5,14H2,1-4H3/t13-/m1/s1. The first-order chi connectivity index (χ1) is 6.56. The molecule has 0 heterocycles. The summed E-state index contributed by atoms with van der Waals surface area (Å²) in [5.74, 6) is 0.582. The van der Waals surface area contributed by atoms with E-state index < -0.39 is 0 Å². The molecule has 78 valence electrons. The van der Waals surface area contributed by atoms with Gasteiger partial charge in [-0.15, -0.1) is 0 Å². The van der Waals surface area contributed by atoms with Crippen LogP contribution in [-0.4, -0.2) is 0 Å². The Hall–Kier alpha value is -0.820. The summed E-state index contributed by atoms with van der Waals surface area (Å²) in [7, 11) is 0. The highest BCUT2D eigenvalue weighted by molar-refractivity contribution is 5.34. The number of rotatable bonds is 3. The van der Waals surface area contributed by atoms with Crippen molar-refractivity contribution in [2.24, 2.45) is 5.73 Å². The van der Waals surface area contributed by atoms with Crippen molar-refractivity contribution in [2.75, 3.05) is 0 Å². The molecular weight excluding hydrogens is 170 g/mol. The Morgan fingerprint density at radius 3 is 2.43 bits per heavy atom. The predicted octanol–water partition coefficient (Wildman–Crippen LogP) is 3.53. The zero-order valence-corrected chi connectivity index (χ0v) is 9.67. The lowest BCUT2D eigenvalue weighted by atomic mass is 9.93. The minimum absolute atomic E-state index is 0.189. The molecule has 1 nitrogen and oxygen atoms in total. The molecule has 0 saturated heterocycles.